The van der Waals surface area contributed by atoms with Crippen LogP contribution in [0.4, 0.5) is 29.2 Å². The summed E-state index contributed by atoms with van der Waals surface area (Å²) in [5, 5.41) is 6.61. The molecule has 44 heavy (non-hydrogen) atoms. The van der Waals surface area contributed by atoms with E-state index in [4.69, 9.17) is 4.74 Å². The van der Waals surface area contributed by atoms with Crippen molar-refractivity contribution in [3.8, 4) is 22.9 Å². The minimum absolute atomic E-state index is 0. The smallest absolute Gasteiger partial charge is 0.263 e. The second-order valence-electron chi connectivity index (χ2n) is 10.4. The molecule has 0 unspecified atom stereocenters. The molecule has 5 rings (SSSR count). The molecule has 0 aliphatic carbocycles. The first-order valence-corrected chi connectivity index (χ1v) is 15.3. The summed E-state index contributed by atoms with van der Waals surface area (Å²) in [6.07, 6.45) is 1.73. The maximum Gasteiger partial charge on any atom is 0.263 e. The Balaban J connectivity index is 0.00000442. The lowest BCUT2D eigenvalue weighted by molar-refractivity contribution is 0.0219. The fourth-order valence-electron chi connectivity index (χ4n) is 4.80. The minimum Gasteiger partial charge on any atom is -0.437 e. The number of hydrogen-bond acceptors (Lipinski definition) is 8. The average molecular weight is 655 g/mol. The molecule has 4 aromatic rings. The van der Waals surface area contributed by atoms with E-state index in [1.165, 1.54) is 25.3 Å². The van der Waals surface area contributed by atoms with Crippen LogP contribution in [0.1, 0.15) is 25.3 Å². The van der Waals surface area contributed by atoms with Crippen molar-refractivity contribution in [2.45, 2.75) is 44.8 Å². The minimum atomic E-state index is -4.60. The maximum atomic E-state index is 14.9. The highest BCUT2D eigenvalue weighted by Crippen LogP contribution is 2.40. The molecule has 15 heteroatoms. The zero-order valence-electron chi connectivity index (χ0n) is 23.8. The van der Waals surface area contributed by atoms with Crippen molar-refractivity contribution in [1.29, 1.82) is 0 Å². The molecule has 2 aromatic carbocycles. The summed E-state index contributed by atoms with van der Waals surface area (Å²) in [4.78, 5) is 13.2. The van der Waals surface area contributed by atoms with Gasteiger partial charge in [-0.25, -0.2) is 40.9 Å². The number of fused-ring (bicyclic) bond motifs is 1. The first-order chi connectivity index (χ1) is 20.4. The number of benzene rings is 2. The van der Waals surface area contributed by atoms with Crippen LogP contribution in [-0.2, 0) is 10.0 Å². The number of halogens is 5. The second kappa shape index (κ2) is 13.5. The van der Waals surface area contributed by atoms with Crippen LogP contribution in [0.15, 0.2) is 54.9 Å². The number of anilines is 2. The number of nitrogens with zero attached hydrogens (tertiary/aromatic N) is 3. The van der Waals surface area contributed by atoms with E-state index in [2.05, 4.69) is 25.6 Å². The number of alkyl halides is 3. The van der Waals surface area contributed by atoms with E-state index < -0.39 is 45.8 Å². The van der Waals surface area contributed by atoms with Gasteiger partial charge in [-0.1, -0.05) is 19.1 Å². The highest BCUT2D eigenvalue weighted by Gasteiger charge is 2.34. The number of ether oxygens (including phenoxy) is 1. The maximum absolute atomic E-state index is 14.9. The normalized spacial score (nSPS) is 17.1. The Bertz CT molecular complexity index is 1750. The fraction of sp³-hybridized carbons (Fsp3) is 0.345. The molecule has 0 radical (unpaired) electrons. The standard InChI is InChI=1S/C29H30F4N6O3S.ClH/c1-3-29(32,33)16-43(40,41)39-25-20-7-6-17(2)26(21(20)8-9-23(25)31)42-27-22(5-4-11-35-27)24-10-12-36-28(38-24)37-19-13-18(30)14-34-15-19;/h4-12,18-19,34,39H,3,13-16H2,1-2H3,(H,36,37,38);1H/t18-,19-;/m0./s1. The molecule has 2 aromatic heterocycles. The van der Waals surface area contributed by atoms with E-state index in [0.717, 1.165) is 6.07 Å². The summed E-state index contributed by atoms with van der Waals surface area (Å²) in [5.41, 5.74) is 1.13. The molecular formula is C29H31ClF4N6O3S. The zero-order chi connectivity index (χ0) is 30.8. The zero-order valence-corrected chi connectivity index (χ0v) is 25.4. The predicted octanol–water partition coefficient (Wildman–Crippen LogP) is 6.25. The van der Waals surface area contributed by atoms with Crippen molar-refractivity contribution in [2.75, 3.05) is 28.9 Å². The van der Waals surface area contributed by atoms with Crippen molar-refractivity contribution >= 4 is 44.8 Å². The van der Waals surface area contributed by atoms with E-state index in [1.54, 1.807) is 37.4 Å². The Hall–Kier alpha value is -3.75. The number of pyridine rings is 1. The van der Waals surface area contributed by atoms with E-state index in [1.807, 2.05) is 4.72 Å². The number of aryl methyl sites for hydroxylation is 1. The fourth-order valence-corrected chi connectivity index (χ4v) is 6.15. The summed E-state index contributed by atoms with van der Waals surface area (Å²) < 4.78 is 89.9. The lowest BCUT2D eigenvalue weighted by atomic mass is 10.0. The van der Waals surface area contributed by atoms with Gasteiger partial charge in [0.2, 0.25) is 21.9 Å². The summed E-state index contributed by atoms with van der Waals surface area (Å²) >= 11 is 0. The lowest BCUT2D eigenvalue weighted by Gasteiger charge is -2.26. The number of aromatic nitrogens is 3. The molecule has 0 amide bonds. The first-order valence-electron chi connectivity index (χ1n) is 13.6. The number of rotatable bonds is 10. The van der Waals surface area contributed by atoms with Gasteiger partial charge in [0, 0.05) is 55.1 Å². The molecular weight excluding hydrogens is 624 g/mol. The average Bonchev–Trinajstić information content (AvgIpc) is 2.96. The molecule has 2 atom stereocenters. The van der Waals surface area contributed by atoms with Crippen molar-refractivity contribution < 1.29 is 30.7 Å². The first kappa shape index (κ1) is 33.1. The number of hydrogen-bond donors (Lipinski definition) is 3. The third-order valence-corrected chi connectivity index (χ3v) is 8.32. The molecule has 236 valence electrons. The quantitative estimate of drug-likeness (QED) is 0.172. The van der Waals surface area contributed by atoms with Gasteiger partial charge in [0.05, 0.1) is 16.9 Å². The van der Waals surface area contributed by atoms with E-state index in [-0.39, 0.29) is 35.5 Å². The van der Waals surface area contributed by atoms with E-state index >= 15 is 0 Å². The lowest BCUT2D eigenvalue weighted by Crippen LogP contribution is -2.44. The molecule has 9 nitrogen and oxygen atoms in total. The largest absolute Gasteiger partial charge is 0.437 e. The molecule has 3 heterocycles. The predicted molar refractivity (Wildman–Crippen MR) is 164 cm³/mol. The Morgan fingerprint density at radius 3 is 2.59 bits per heavy atom. The van der Waals surface area contributed by atoms with Crippen molar-refractivity contribution in [2.24, 2.45) is 0 Å². The molecule has 0 bridgehead atoms. The number of sulfonamides is 1. The van der Waals surface area contributed by atoms with Gasteiger partial charge in [-0.05, 0) is 42.8 Å². The van der Waals surface area contributed by atoms with Crippen LogP contribution in [0.3, 0.4) is 0 Å². The second-order valence-corrected chi connectivity index (χ2v) is 12.1. The van der Waals surface area contributed by atoms with Crippen LogP contribution in [-0.4, -0.2) is 60.3 Å². The van der Waals surface area contributed by atoms with E-state index in [0.29, 0.717) is 47.7 Å². The van der Waals surface area contributed by atoms with Gasteiger partial charge in [0.15, 0.2) is 0 Å². The van der Waals surface area contributed by atoms with Crippen molar-refractivity contribution in [3.63, 3.8) is 0 Å². The monoisotopic (exact) mass is 654 g/mol. The topological polar surface area (TPSA) is 118 Å². The Morgan fingerprint density at radius 1 is 1.07 bits per heavy atom. The summed E-state index contributed by atoms with van der Waals surface area (Å²) in [6, 6.07) is 10.4. The van der Waals surface area contributed by atoms with Gasteiger partial charge in [0.25, 0.3) is 5.92 Å². The molecule has 0 saturated carbocycles. The Kier molecular flexibility index (Phi) is 10.2. The Morgan fingerprint density at radius 2 is 1.84 bits per heavy atom. The highest BCUT2D eigenvalue weighted by atomic mass is 35.5. The Labute approximate surface area is 258 Å². The third kappa shape index (κ3) is 7.66. The van der Waals surface area contributed by atoms with Crippen LogP contribution in [0.25, 0.3) is 22.0 Å². The van der Waals surface area contributed by atoms with Gasteiger partial charge in [-0.15, -0.1) is 12.4 Å². The highest BCUT2D eigenvalue weighted by molar-refractivity contribution is 7.92. The van der Waals surface area contributed by atoms with E-state index in [9.17, 15) is 26.0 Å². The number of nitrogens with one attached hydrogen (secondary N) is 3. The summed E-state index contributed by atoms with van der Waals surface area (Å²) in [5.74, 6) is -5.19. The molecule has 1 aliphatic heterocycles. The molecule has 1 fully saturated rings. The van der Waals surface area contributed by atoms with Crippen LogP contribution >= 0.6 is 12.4 Å². The molecule has 1 aliphatic rings. The van der Waals surface area contributed by atoms with Crippen LogP contribution in [0, 0.1) is 12.7 Å². The van der Waals surface area contributed by atoms with Gasteiger partial charge in [-0.3, -0.25) is 4.72 Å². The number of piperidine rings is 1. The SMILES string of the molecule is CCC(F)(F)CS(=O)(=O)Nc1c(F)ccc2c(Oc3ncccc3-c3ccnc(N[C@@H]4CNC[C@@H](F)C4)n3)c(C)ccc12.Cl. The van der Waals surface area contributed by atoms with Gasteiger partial charge in [-0.2, -0.15) is 0 Å². The molecule has 1 saturated heterocycles. The van der Waals surface area contributed by atoms with Crippen molar-refractivity contribution in [1.82, 2.24) is 20.3 Å². The molecule has 3 N–H and O–H groups in total. The summed E-state index contributed by atoms with van der Waals surface area (Å²) in [6.45, 7) is 3.78. The van der Waals surface area contributed by atoms with Gasteiger partial charge >= 0.3 is 0 Å². The molecule has 0 spiro atoms. The van der Waals surface area contributed by atoms with Crippen molar-refractivity contribution in [3.05, 3.63) is 66.2 Å². The van der Waals surface area contributed by atoms with Gasteiger partial charge in [0.1, 0.15) is 23.5 Å². The third-order valence-electron chi connectivity index (χ3n) is 7.00. The van der Waals surface area contributed by atoms with Gasteiger partial charge < -0.3 is 15.4 Å². The van der Waals surface area contributed by atoms with Crippen LogP contribution < -0.4 is 20.1 Å². The van der Waals surface area contributed by atoms with Crippen LogP contribution in [0.5, 0.6) is 11.6 Å². The van der Waals surface area contributed by atoms with Crippen LogP contribution in [0.2, 0.25) is 0 Å². The summed E-state index contributed by atoms with van der Waals surface area (Å²) in [7, 11) is -4.60.